The number of phenols is 1. The highest BCUT2D eigenvalue weighted by Crippen LogP contribution is 2.44. The van der Waals surface area contributed by atoms with Crippen LogP contribution in [0.25, 0.3) is 22.2 Å². The molecule has 4 aromatic rings. The van der Waals surface area contributed by atoms with Crippen molar-refractivity contribution in [2.75, 3.05) is 5.32 Å². The van der Waals surface area contributed by atoms with Crippen LogP contribution < -0.4 is 5.32 Å². The molecule has 1 atom stereocenters. The van der Waals surface area contributed by atoms with Gasteiger partial charge in [0.25, 0.3) is 0 Å². The second kappa shape index (κ2) is 5.53. The van der Waals surface area contributed by atoms with Crippen molar-refractivity contribution >= 4 is 22.4 Å². The van der Waals surface area contributed by atoms with Crippen molar-refractivity contribution in [3.8, 4) is 16.9 Å². The summed E-state index contributed by atoms with van der Waals surface area (Å²) in [5.41, 5.74) is 4.71. The minimum atomic E-state index is -0.588. The van der Waals surface area contributed by atoms with E-state index in [1.165, 1.54) is 12.1 Å². The second-order valence-electron chi connectivity index (χ2n) is 6.35. The molecule has 1 unspecified atom stereocenters. The number of aromatic hydroxyl groups is 1. The molecular weight excluding hydrogens is 346 g/mol. The molecular formula is C19H13N5O3. The number of nitro benzene ring substituents is 1. The SMILES string of the molecule is O=[N+]([O-])c1cc(C2Nc3ccccc3-c3cnnc4[nH]cc2c34)ccc1O. The van der Waals surface area contributed by atoms with Crippen molar-refractivity contribution in [2.45, 2.75) is 6.04 Å². The zero-order valence-electron chi connectivity index (χ0n) is 13.9. The largest absolute Gasteiger partial charge is 0.502 e. The Balaban J connectivity index is 1.80. The molecule has 5 rings (SSSR count). The van der Waals surface area contributed by atoms with E-state index in [-0.39, 0.29) is 17.5 Å². The van der Waals surface area contributed by atoms with E-state index < -0.39 is 4.92 Å². The second-order valence-corrected chi connectivity index (χ2v) is 6.35. The Morgan fingerprint density at radius 3 is 2.85 bits per heavy atom. The lowest BCUT2D eigenvalue weighted by atomic mass is 9.97. The monoisotopic (exact) mass is 359 g/mol. The number of anilines is 1. The van der Waals surface area contributed by atoms with Crippen LogP contribution in [0.4, 0.5) is 11.4 Å². The number of nitrogens with zero attached hydrogens (tertiary/aromatic N) is 3. The van der Waals surface area contributed by atoms with Crippen LogP contribution in [-0.4, -0.2) is 25.2 Å². The average Bonchev–Trinajstić information content (AvgIpc) is 3.04. The predicted octanol–water partition coefficient (Wildman–Crippen LogP) is 3.75. The number of hydrogen-bond donors (Lipinski definition) is 3. The lowest BCUT2D eigenvalue weighted by Gasteiger charge is -2.19. The van der Waals surface area contributed by atoms with Gasteiger partial charge in [0.2, 0.25) is 0 Å². The third kappa shape index (κ3) is 2.23. The van der Waals surface area contributed by atoms with E-state index >= 15 is 0 Å². The minimum Gasteiger partial charge on any atom is -0.502 e. The molecule has 27 heavy (non-hydrogen) atoms. The Morgan fingerprint density at radius 2 is 2.00 bits per heavy atom. The zero-order valence-corrected chi connectivity index (χ0v) is 13.9. The number of nitro groups is 1. The third-order valence-electron chi connectivity index (χ3n) is 4.86. The fourth-order valence-corrected chi connectivity index (χ4v) is 3.64. The molecule has 132 valence electrons. The van der Waals surface area contributed by atoms with Crippen molar-refractivity contribution in [3.63, 3.8) is 0 Å². The maximum Gasteiger partial charge on any atom is 0.311 e. The maximum atomic E-state index is 11.3. The van der Waals surface area contributed by atoms with Gasteiger partial charge >= 0.3 is 5.69 Å². The first-order valence-electron chi connectivity index (χ1n) is 8.29. The molecule has 8 nitrogen and oxygen atoms in total. The van der Waals surface area contributed by atoms with Gasteiger partial charge in [-0.05, 0) is 17.7 Å². The number of benzene rings is 2. The standard InChI is InChI=1S/C19H13N5O3/c25-16-6-5-10(7-15(16)24(26)27)18-13-8-20-19-17(13)12(9-21-23-19)11-3-1-2-4-14(11)22-18/h1-9,18,22,25H,(H,20,23). The Hall–Kier alpha value is -3.94. The summed E-state index contributed by atoms with van der Waals surface area (Å²) in [6.45, 7) is 0. The van der Waals surface area contributed by atoms with E-state index in [2.05, 4.69) is 20.5 Å². The summed E-state index contributed by atoms with van der Waals surface area (Å²) >= 11 is 0. The van der Waals surface area contributed by atoms with Crippen LogP contribution in [0, 0.1) is 10.1 Å². The lowest BCUT2D eigenvalue weighted by Crippen LogP contribution is -2.11. The smallest absolute Gasteiger partial charge is 0.311 e. The number of phenolic OH excluding ortho intramolecular Hbond substituents is 1. The number of aromatic amines is 1. The molecule has 0 radical (unpaired) electrons. The molecule has 2 aromatic heterocycles. The van der Waals surface area contributed by atoms with Gasteiger partial charge in [0, 0.05) is 40.0 Å². The van der Waals surface area contributed by atoms with Crippen LogP contribution in [0.1, 0.15) is 17.2 Å². The molecule has 1 aliphatic rings. The highest BCUT2D eigenvalue weighted by atomic mass is 16.6. The quantitative estimate of drug-likeness (QED) is 0.371. The molecule has 0 aliphatic carbocycles. The minimum absolute atomic E-state index is 0.327. The predicted molar refractivity (Wildman–Crippen MR) is 99.6 cm³/mol. The topological polar surface area (TPSA) is 117 Å². The molecule has 2 aromatic carbocycles. The lowest BCUT2D eigenvalue weighted by molar-refractivity contribution is -0.385. The van der Waals surface area contributed by atoms with Gasteiger partial charge < -0.3 is 15.4 Å². The Morgan fingerprint density at radius 1 is 1.15 bits per heavy atom. The molecule has 0 saturated heterocycles. The van der Waals surface area contributed by atoms with Crippen LogP contribution in [0.3, 0.4) is 0 Å². The number of H-pyrrole nitrogens is 1. The Bertz CT molecular complexity index is 1220. The summed E-state index contributed by atoms with van der Waals surface area (Å²) in [4.78, 5) is 13.8. The van der Waals surface area contributed by atoms with Gasteiger partial charge in [0.15, 0.2) is 11.4 Å². The van der Waals surface area contributed by atoms with Crippen molar-refractivity contribution < 1.29 is 10.0 Å². The first kappa shape index (κ1) is 15.3. The van der Waals surface area contributed by atoms with Crippen LogP contribution in [0.5, 0.6) is 5.75 Å². The van der Waals surface area contributed by atoms with Gasteiger partial charge in [-0.25, -0.2) is 0 Å². The fourth-order valence-electron chi connectivity index (χ4n) is 3.64. The summed E-state index contributed by atoms with van der Waals surface area (Å²) in [5, 5.41) is 33.7. The van der Waals surface area contributed by atoms with Gasteiger partial charge in [-0.2, -0.15) is 5.10 Å². The molecule has 3 heterocycles. The molecule has 0 fully saturated rings. The van der Waals surface area contributed by atoms with E-state index in [0.717, 1.165) is 27.8 Å². The number of rotatable bonds is 2. The highest BCUT2D eigenvalue weighted by molar-refractivity contribution is 6.00. The molecule has 0 amide bonds. The van der Waals surface area contributed by atoms with Crippen molar-refractivity contribution in [1.29, 1.82) is 0 Å². The number of nitrogens with one attached hydrogen (secondary N) is 2. The Labute approximate surface area is 152 Å². The van der Waals surface area contributed by atoms with Crippen LogP contribution in [0.15, 0.2) is 54.9 Å². The van der Waals surface area contributed by atoms with Gasteiger partial charge in [-0.15, -0.1) is 5.10 Å². The van der Waals surface area contributed by atoms with Crippen molar-refractivity contribution in [2.24, 2.45) is 0 Å². The van der Waals surface area contributed by atoms with E-state index in [4.69, 9.17) is 0 Å². The van der Waals surface area contributed by atoms with Gasteiger partial charge in [-0.1, -0.05) is 24.3 Å². The number of para-hydroxylation sites is 1. The maximum absolute atomic E-state index is 11.3. The molecule has 0 spiro atoms. The molecule has 0 saturated carbocycles. The van der Waals surface area contributed by atoms with Gasteiger partial charge in [-0.3, -0.25) is 10.1 Å². The third-order valence-corrected chi connectivity index (χ3v) is 4.86. The average molecular weight is 359 g/mol. The zero-order chi connectivity index (χ0) is 18.5. The number of hydrogen-bond acceptors (Lipinski definition) is 6. The highest BCUT2D eigenvalue weighted by Gasteiger charge is 2.28. The molecule has 3 N–H and O–H groups in total. The van der Waals surface area contributed by atoms with Gasteiger partial charge in [0.05, 0.1) is 17.2 Å². The normalized spacial score (nSPS) is 15.0. The van der Waals surface area contributed by atoms with E-state index in [9.17, 15) is 15.2 Å². The summed E-state index contributed by atoms with van der Waals surface area (Å²) in [7, 11) is 0. The first-order chi connectivity index (χ1) is 13.1. The van der Waals surface area contributed by atoms with Gasteiger partial charge in [0.1, 0.15) is 0 Å². The summed E-state index contributed by atoms with van der Waals surface area (Å²) in [6.07, 6.45) is 3.56. The molecule has 8 heteroatoms. The van der Waals surface area contributed by atoms with E-state index in [0.29, 0.717) is 11.2 Å². The Kier molecular flexibility index (Phi) is 3.14. The fraction of sp³-hybridized carbons (Fsp3) is 0.0526. The van der Waals surface area contributed by atoms with Crippen molar-refractivity contribution in [3.05, 3.63) is 76.1 Å². The number of fused-ring (bicyclic) bond motifs is 2. The van der Waals surface area contributed by atoms with E-state index in [1.807, 2.05) is 30.5 Å². The van der Waals surface area contributed by atoms with E-state index in [1.54, 1.807) is 12.3 Å². The molecule has 0 bridgehead atoms. The van der Waals surface area contributed by atoms with Crippen LogP contribution in [-0.2, 0) is 0 Å². The summed E-state index contributed by atoms with van der Waals surface area (Å²) < 4.78 is 0. The van der Waals surface area contributed by atoms with Crippen LogP contribution in [0.2, 0.25) is 0 Å². The first-order valence-corrected chi connectivity index (χ1v) is 8.29. The van der Waals surface area contributed by atoms with Crippen molar-refractivity contribution in [1.82, 2.24) is 15.2 Å². The number of aromatic nitrogens is 3. The van der Waals surface area contributed by atoms with Crippen LogP contribution >= 0.6 is 0 Å². The summed E-state index contributed by atoms with van der Waals surface area (Å²) in [6, 6.07) is 11.9. The molecule has 1 aliphatic heterocycles. The summed E-state index contributed by atoms with van der Waals surface area (Å²) in [5.74, 6) is -0.358.